The number of halogens is 1. The molecule has 4 nitrogen and oxygen atoms in total. The molecule has 1 unspecified atom stereocenters. The predicted octanol–water partition coefficient (Wildman–Crippen LogP) is 5.31. The summed E-state index contributed by atoms with van der Waals surface area (Å²) in [7, 11) is 0. The van der Waals surface area contributed by atoms with Crippen LogP contribution in [0.4, 0.5) is 11.4 Å². The lowest BCUT2D eigenvalue weighted by Crippen LogP contribution is -2.11. The van der Waals surface area contributed by atoms with E-state index in [4.69, 9.17) is 0 Å². The number of anilines is 1. The van der Waals surface area contributed by atoms with E-state index in [0.29, 0.717) is 0 Å². The Labute approximate surface area is 132 Å². The molecule has 5 heteroatoms. The summed E-state index contributed by atoms with van der Waals surface area (Å²) in [5.41, 5.74) is 2.05. The summed E-state index contributed by atoms with van der Waals surface area (Å²) in [6, 6.07) is 14.8. The van der Waals surface area contributed by atoms with Crippen molar-refractivity contribution < 1.29 is 4.92 Å². The summed E-state index contributed by atoms with van der Waals surface area (Å²) in [6.07, 6.45) is 1.90. The first-order valence-corrected chi connectivity index (χ1v) is 7.66. The first kappa shape index (κ1) is 15.5. The Morgan fingerprint density at radius 1 is 1.24 bits per heavy atom. The monoisotopic (exact) mass is 348 g/mol. The van der Waals surface area contributed by atoms with Crippen LogP contribution in [-0.4, -0.2) is 4.92 Å². The summed E-state index contributed by atoms with van der Waals surface area (Å²) < 4.78 is 0.983. The topological polar surface area (TPSA) is 55.2 Å². The molecule has 0 heterocycles. The lowest BCUT2D eigenvalue weighted by Gasteiger charge is -2.20. The predicted molar refractivity (Wildman–Crippen MR) is 88.5 cm³/mol. The van der Waals surface area contributed by atoms with Crippen LogP contribution in [0, 0.1) is 10.1 Å². The van der Waals surface area contributed by atoms with Crippen LogP contribution in [0.25, 0.3) is 0 Å². The molecular weight excluding hydrogens is 332 g/mol. The highest BCUT2D eigenvalue weighted by molar-refractivity contribution is 9.10. The Morgan fingerprint density at radius 2 is 2.00 bits per heavy atom. The van der Waals surface area contributed by atoms with Crippen LogP contribution >= 0.6 is 15.9 Å². The Hall–Kier alpha value is -1.88. The zero-order valence-electron chi connectivity index (χ0n) is 11.8. The van der Waals surface area contributed by atoms with E-state index in [1.165, 1.54) is 6.07 Å². The van der Waals surface area contributed by atoms with Crippen molar-refractivity contribution in [3.05, 3.63) is 68.7 Å². The molecule has 0 fully saturated rings. The van der Waals surface area contributed by atoms with Gasteiger partial charge in [0.05, 0.1) is 11.0 Å². The van der Waals surface area contributed by atoms with Crippen molar-refractivity contribution in [3.63, 3.8) is 0 Å². The van der Waals surface area contributed by atoms with Gasteiger partial charge in [-0.05, 0) is 40.0 Å². The summed E-state index contributed by atoms with van der Waals surface area (Å²) in [5, 5.41) is 14.4. The molecule has 1 atom stereocenters. The second-order valence-electron chi connectivity index (χ2n) is 4.82. The van der Waals surface area contributed by atoms with E-state index in [1.807, 2.05) is 30.3 Å². The molecule has 21 heavy (non-hydrogen) atoms. The van der Waals surface area contributed by atoms with Gasteiger partial charge in [-0.3, -0.25) is 10.1 Å². The molecule has 0 aliphatic carbocycles. The van der Waals surface area contributed by atoms with Crippen LogP contribution in [0.1, 0.15) is 31.4 Å². The highest BCUT2D eigenvalue weighted by Gasteiger charge is 2.15. The molecule has 2 aromatic rings. The van der Waals surface area contributed by atoms with E-state index in [2.05, 4.69) is 28.2 Å². The smallest absolute Gasteiger partial charge is 0.269 e. The van der Waals surface area contributed by atoms with Crippen molar-refractivity contribution >= 4 is 27.3 Å². The van der Waals surface area contributed by atoms with Crippen molar-refractivity contribution in [3.8, 4) is 0 Å². The van der Waals surface area contributed by atoms with Gasteiger partial charge in [0.25, 0.3) is 5.69 Å². The third-order valence-electron chi connectivity index (χ3n) is 3.26. The van der Waals surface area contributed by atoms with E-state index in [9.17, 15) is 10.1 Å². The van der Waals surface area contributed by atoms with Gasteiger partial charge in [-0.25, -0.2) is 0 Å². The van der Waals surface area contributed by atoms with E-state index in [-0.39, 0.29) is 16.7 Å². The number of nitrogens with one attached hydrogen (secondary N) is 1. The second kappa shape index (κ2) is 7.22. The molecule has 0 aliphatic heterocycles. The molecule has 0 saturated heterocycles. The molecule has 2 rings (SSSR count). The molecule has 0 saturated carbocycles. The number of rotatable bonds is 6. The number of non-ortho nitro benzene ring substituents is 1. The lowest BCUT2D eigenvalue weighted by molar-refractivity contribution is -0.384. The number of hydrogen-bond donors (Lipinski definition) is 1. The molecule has 2 aromatic carbocycles. The van der Waals surface area contributed by atoms with E-state index < -0.39 is 0 Å². The number of nitrogens with zero attached hydrogens (tertiary/aromatic N) is 1. The zero-order chi connectivity index (χ0) is 15.2. The highest BCUT2D eigenvalue weighted by Crippen LogP contribution is 2.30. The quantitative estimate of drug-likeness (QED) is 0.568. The Kier molecular flexibility index (Phi) is 5.33. The van der Waals surface area contributed by atoms with Crippen molar-refractivity contribution in [2.24, 2.45) is 0 Å². The number of para-hydroxylation sites is 1. The summed E-state index contributed by atoms with van der Waals surface area (Å²) in [6.45, 7) is 2.10. The van der Waals surface area contributed by atoms with Crippen LogP contribution in [0.2, 0.25) is 0 Å². The van der Waals surface area contributed by atoms with Gasteiger partial charge in [-0.15, -0.1) is 0 Å². The van der Waals surface area contributed by atoms with Crippen molar-refractivity contribution in [2.75, 3.05) is 5.32 Å². The minimum Gasteiger partial charge on any atom is -0.377 e. The van der Waals surface area contributed by atoms with Crippen LogP contribution in [0.3, 0.4) is 0 Å². The third-order valence-corrected chi connectivity index (χ3v) is 3.96. The largest absolute Gasteiger partial charge is 0.377 e. The van der Waals surface area contributed by atoms with Gasteiger partial charge in [-0.1, -0.05) is 37.6 Å². The Balaban J connectivity index is 2.28. The van der Waals surface area contributed by atoms with Gasteiger partial charge in [-0.2, -0.15) is 0 Å². The average Bonchev–Trinajstić information content (AvgIpc) is 2.49. The summed E-state index contributed by atoms with van der Waals surface area (Å²) in [4.78, 5) is 10.6. The lowest BCUT2D eigenvalue weighted by atomic mass is 10.0. The molecule has 1 N–H and O–H groups in total. The second-order valence-corrected chi connectivity index (χ2v) is 5.67. The maximum absolute atomic E-state index is 10.9. The van der Waals surface area contributed by atoms with Gasteiger partial charge in [0.1, 0.15) is 0 Å². The molecule has 110 valence electrons. The van der Waals surface area contributed by atoms with Gasteiger partial charge in [0.2, 0.25) is 0 Å². The Bertz CT molecular complexity index is 631. The molecular formula is C16H17BrN2O2. The van der Waals surface area contributed by atoms with E-state index in [0.717, 1.165) is 28.6 Å². The SMILES string of the molecule is CCCC(Nc1ccccc1Br)c1cccc([N+](=O)[O-])c1. The van der Waals surface area contributed by atoms with Crippen LogP contribution in [-0.2, 0) is 0 Å². The standard InChI is InChI=1S/C16H17BrN2O2/c1-2-6-15(18-16-10-4-3-9-14(16)17)12-7-5-8-13(11-12)19(20)21/h3-5,7-11,15,18H,2,6H2,1H3. The summed E-state index contributed by atoms with van der Waals surface area (Å²) >= 11 is 3.52. The minimum atomic E-state index is -0.356. The highest BCUT2D eigenvalue weighted by atomic mass is 79.9. The number of nitro benzene ring substituents is 1. The van der Waals surface area contributed by atoms with E-state index >= 15 is 0 Å². The molecule has 0 aromatic heterocycles. The van der Waals surface area contributed by atoms with Crippen molar-refractivity contribution in [1.82, 2.24) is 0 Å². The minimum absolute atomic E-state index is 0.0496. The first-order chi connectivity index (χ1) is 10.1. The van der Waals surface area contributed by atoms with Crippen LogP contribution in [0.15, 0.2) is 53.0 Å². The third kappa shape index (κ3) is 4.04. The fourth-order valence-corrected chi connectivity index (χ4v) is 2.63. The maximum Gasteiger partial charge on any atom is 0.269 e. The fourth-order valence-electron chi connectivity index (χ4n) is 2.23. The molecule has 0 radical (unpaired) electrons. The van der Waals surface area contributed by atoms with Crippen molar-refractivity contribution in [1.29, 1.82) is 0 Å². The zero-order valence-corrected chi connectivity index (χ0v) is 13.3. The van der Waals surface area contributed by atoms with Crippen molar-refractivity contribution in [2.45, 2.75) is 25.8 Å². The number of benzene rings is 2. The summed E-state index contributed by atoms with van der Waals surface area (Å²) in [5.74, 6) is 0. The fraction of sp³-hybridized carbons (Fsp3) is 0.250. The molecule has 0 bridgehead atoms. The average molecular weight is 349 g/mol. The molecule has 0 amide bonds. The van der Waals surface area contributed by atoms with Gasteiger partial charge < -0.3 is 5.32 Å². The van der Waals surface area contributed by atoms with Gasteiger partial charge in [0.15, 0.2) is 0 Å². The first-order valence-electron chi connectivity index (χ1n) is 6.87. The van der Waals surface area contributed by atoms with Crippen LogP contribution in [0.5, 0.6) is 0 Å². The van der Waals surface area contributed by atoms with E-state index in [1.54, 1.807) is 12.1 Å². The number of hydrogen-bond acceptors (Lipinski definition) is 3. The molecule has 0 spiro atoms. The number of nitro groups is 1. The van der Waals surface area contributed by atoms with Gasteiger partial charge in [0, 0.05) is 22.3 Å². The molecule has 0 aliphatic rings. The normalized spacial score (nSPS) is 11.9. The Morgan fingerprint density at radius 3 is 2.67 bits per heavy atom. The van der Waals surface area contributed by atoms with Crippen LogP contribution < -0.4 is 5.32 Å². The van der Waals surface area contributed by atoms with Gasteiger partial charge >= 0.3 is 0 Å². The maximum atomic E-state index is 10.9.